The van der Waals surface area contributed by atoms with Crippen LogP contribution >= 0.6 is 11.3 Å². The molecule has 2 heterocycles. The van der Waals surface area contributed by atoms with Gasteiger partial charge in [-0.25, -0.2) is 18.7 Å². The summed E-state index contributed by atoms with van der Waals surface area (Å²) in [6, 6.07) is 11.2. The number of rotatable bonds is 5. The van der Waals surface area contributed by atoms with E-state index in [0.717, 1.165) is 38.0 Å². The summed E-state index contributed by atoms with van der Waals surface area (Å²) in [5, 5.41) is 3.84. The molecule has 0 spiro atoms. The standard InChI is InChI=1S/C22H19F2N3OS/c1-4-28-16-8-5-14(6-9-16)19-12(2)29-22-20(19)21(25-13(3)26-22)27-18-10-7-15(23)11-17(18)24/h5-11H,4H2,1-3H3,(H,25,26,27). The van der Waals surface area contributed by atoms with Crippen LogP contribution in [-0.2, 0) is 0 Å². The van der Waals surface area contributed by atoms with Gasteiger partial charge in [-0.1, -0.05) is 12.1 Å². The molecule has 0 aliphatic heterocycles. The minimum atomic E-state index is -0.677. The van der Waals surface area contributed by atoms with Gasteiger partial charge in [-0.05, 0) is 50.6 Å². The highest BCUT2D eigenvalue weighted by atomic mass is 32.1. The van der Waals surface area contributed by atoms with E-state index in [1.165, 1.54) is 12.1 Å². The average Bonchev–Trinajstić information content (AvgIpc) is 3.00. The van der Waals surface area contributed by atoms with Crippen LogP contribution in [0.15, 0.2) is 42.5 Å². The molecule has 4 rings (SSSR count). The van der Waals surface area contributed by atoms with Gasteiger partial charge in [-0.3, -0.25) is 0 Å². The minimum Gasteiger partial charge on any atom is -0.494 e. The number of thiophene rings is 1. The molecule has 0 aliphatic carbocycles. The molecule has 1 N–H and O–H groups in total. The third-order valence-electron chi connectivity index (χ3n) is 4.48. The number of nitrogens with zero attached hydrogens (tertiary/aromatic N) is 2. The summed E-state index contributed by atoms with van der Waals surface area (Å²) in [4.78, 5) is 10.9. The highest BCUT2D eigenvalue weighted by Gasteiger charge is 2.19. The Morgan fingerprint density at radius 3 is 2.48 bits per heavy atom. The number of halogens is 2. The van der Waals surface area contributed by atoms with Gasteiger partial charge in [0.15, 0.2) is 0 Å². The van der Waals surface area contributed by atoms with Gasteiger partial charge in [0.2, 0.25) is 0 Å². The molecule has 0 amide bonds. The maximum absolute atomic E-state index is 14.2. The van der Waals surface area contributed by atoms with Crippen molar-refractivity contribution in [2.24, 2.45) is 0 Å². The third kappa shape index (κ3) is 3.78. The zero-order valence-electron chi connectivity index (χ0n) is 16.2. The van der Waals surface area contributed by atoms with Crippen molar-refractivity contribution in [3.05, 3.63) is 64.8 Å². The first-order valence-electron chi connectivity index (χ1n) is 9.19. The summed E-state index contributed by atoms with van der Waals surface area (Å²) in [6.07, 6.45) is 0. The summed E-state index contributed by atoms with van der Waals surface area (Å²) in [5.41, 5.74) is 2.14. The van der Waals surface area contributed by atoms with Gasteiger partial charge >= 0.3 is 0 Å². The van der Waals surface area contributed by atoms with Crippen LogP contribution in [-0.4, -0.2) is 16.6 Å². The van der Waals surface area contributed by atoms with Crippen molar-refractivity contribution in [2.45, 2.75) is 20.8 Å². The number of nitrogens with one attached hydrogen (secondary N) is 1. The largest absolute Gasteiger partial charge is 0.494 e. The van der Waals surface area contributed by atoms with Crippen LogP contribution in [0.4, 0.5) is 20.3 Å². The molecule has 0 fully saturated rings. The van der Waals surface area contributed by atoms with E-state index >= 15 is 0 Å². The van der Waals surface area contributed by atoms with Crippen molar-refractivity contribution in [2.75, 3.05) is 11.9 Å². The second kappa shape index (κ2) is 7.75. The fraction of sp³-hybridized carbons (Fsp3) is 0.182. The molecule has 0 saturated heterocycles. The van der Waals surface area contributed by atoms with Crippen molar-refractivity contribution in [1.29, 1.82) is 0 Å². The maximum atomic E-state index is 14.2. The van der Waals surface area contributed by atoms with E-state index in [4.69, 9.17) is 4.74 Å². The van der Waals surface area contributed by atoms with Gasteiger partial charge in [0.05, 0.1) is 17.7 Å². The quantitative estimate of drug-likeness (QED) is 0.413. The molecule has 0 saturated carbocycles. The van der Waals surface area contributed by atoms with Crippen LogP contribution in [0.2, 0.25) is 0 Å². The van der Waals surface area contributed by atoms with Gasteiger partial charge in [0, 0.05) is 16.5 Å². The monoisotopic (exact) mass is 411 g/mol. The van der Waals surface area contributed by atoms with Crippen LogP contribution in [0.5, 0.6) is 5.75 Å². The second-order valence-electron chi connectivity index (χ2n) is 6.54. The van der Waals surface area contributed by atoms with Gasteiger partial charge in [0.25, 0.3) is 0 Å². The van der Waals surface area contributed by atoms with Gasteiger partial charge in [-0.2, -0.15) is 0 Å². The predicted octanol–water partition coefficient (Wildman–Crippen LogP) is 6.40. The fourth-order valence-corrected chi connectivity index (χ4v) is 4.35. The van der Waals surface area contributed by atoms with E-state index in [-0.39, 0.29) is 5.69 Å². The lowest BCUT2D eigenvalue weighted by atomic mass is 10.0. The van der Waals surface area contributed by atoms with Crippen molar-refractivity contribution < 1.29 is 13.5 Å². The number of anilines is 2. The van der Waals surface area contributed by atoms with Crippen molar-refractivity contribution >= 4 is 33.1 Å². The van der Waals surface area contributed by atoms with Crippen LogP contribution in [0.1, 0.15) is 17.6 Å². The van der Waals surface area contributed by atoms with Crippen LogP contribution in [0.25, 0.3) is 21.3 Å². The molecule has 4 nitrogen and oxygen atoms in total. The molecule has 0 bridgehead atoms. The van der Waals surface area contributed by atoms with E-state index in [0.29, 0.717) is 18.2 Å². The molecule has 7 heteroatoms. The predicted molar refractivity (Wildman–Crippen MR) is 113 cm³/mol. The Balaban J connectivity index is 1.86. The van der Waals surface area contributed by atoms with Crippen molar-refractivity contribution in [3.8, 4) is 16.9 Å². The van der Waals surface area contributed by atoms with E-state index in [1.54, 1.807) is 18.3 Å². The maximum Gasteiger partial charge on any atom is 0.149 e. The Labute approximate surface area is 171 Å². The number of hydrogen-bond acceptors (Lipinski definition) is 5. The van der Waals surface area contributed by atoms with E-state index in [2.05, 4.69) is 15.3 Å². The number of aromatic nitrogens is 2. The molecule has 0 unspecified atom stereocenters. The first-order chi connectivity index (χ1) is 14.0. The summed E-state index contributed by atoms with van der Waals surface area (Å²) >= 11 is 1.56. The Morgan fingerprint density at radius 1 is 1.03 bits per heavy atom. The first kappa shape index (κ1) is 19.3. The summed E-state index contributed by atoms with van der Waals surface area (Å²) in [7, 11) is 0. The number of ether oxygens (including phenoxy) is 1. The van der Waals surface area contributed by atoms with Gasteiger partial charge in [-0.15, -0.1) is 11.3 Å². The van der Waals surface area contributed by atoms with Crippen LogP contribution in [0, 0.1) is 25.5 Å². The third-order valence-corrected chi connectivity index (χ3v) is 5.48. The number of hydrogen-bond donors (Lipinski definition) is 1. The second-order valence-corrected chi connectivity index (χ2v) is 7.74. The fourth-order valence-electron chi connectivity index (χ4n) is 3.26. The SMILES string of the molecule is CCOc1ccc(-c2c(C)sc3nc(C)nc(Nc4ccc(F)cc4F)c23)cc1. The smallest absolute Gasteiger partial charge is 0.149 e. The number of fused-ring (bicyclic) bond motifs is 1. The van der Waals surface area contributed by atoms with E-state index in [1.807, 2.05) is 38.1 Å². The molecule has 29 heavy (non-hydrogen) atoms. The van der Waals surface area contributed by atoms with Crippen LogP contribution in [0.3, 0.4) is 0 Å². The first-order valence-corrected chi connectivity index (χ1v) is 10.0. The number of aryl methyl sites for hydroxylation is 2. The topological polar surface area (TPSA) is 47.0 Å². The Kier molecular flexibility index (Phi) is 5.15. The van der Waals surface area contributed by atoms with Crippen molar-refractivity contribution in [1.82, 2.24) is 9.97 Å². The molecular weight excluding hydrogens is 392 g/mol. The zero-order chi connectivity index (χ0) is 20.5. The summed E-state index contributed by atoms with van der Waals surface area (Å²) in [6.45, 7) is 6.35. The normalized spacial score (nSPS) is 11.1. The highest BCUT2D eigenvalue weighted by molar-refractivity contribution is 7.19. The lowest BCUT2D eigenvalue weighted by molar-refractivity contribution is 0.340. The molecule has 2 aromatic heterocycles. The zero-order valence-corrected chi connectivity index (χ0v) is 17.0. The molecule has 0 radical (unpaired) electrons. The Bertz CT molecular complexity index is 1190. The molecule has 148 valence electrons. The molecule has 4 aromatic rings. The minimum absolute atomic E-state index is 0.160. The molecule has 2 aromatic carbocycles. The Morgan fingerprint density at radius 2 is 1.79 bits per heavy atom. The number of benzene rings is 2. The van der Waals surface area contributed by atoms with Crippen molar-refractivity contribution in [3.63, 3.8) is 0 Å². The van der Waals surface area contributed by atoms with E-state index in [9.17, 15) is 8.78 Å². The average molecular weight is 411 g/mol. The molecular formula is C22H19F2N3OS. The lowest BCUT2D eigenvalue weighted by Crippen LogP contribution is -2.00. The summed E-state index contributed by atoms with van der Waals surface area (Å²) in [5.74, 6) is 0.558. The molecule has 0 aliphatic rings. The van der Waals surface area contributed by atoms with Gasteiger partial charge in [0.1, 0.15) is 33.9 Å². The van der Waals surface area contributed by atoms with Crippen LogP contribution < -0.4 is 10.1 Å². The highest BCUT2D eigenvalue weighted by Crippen LogP contribution is 2.42. The van der Waals surface area contributed by atoms with E-state index < -0.39 is 11.6 Å². The molecule has 0 atom stereocenters. The lowest BCUT2D eigenvalue weighted by Gasteiger charge is -2.11. The Hall–Kier alpha value is -3.06. The summed E-state index contributed by atoms with van der Waals surface area (Å²) < 4.78 is 33.0. The van der Waals surface area contributed by atoms with Gasteiger partial charge < -0.3 is 10.1 Å².